The van der Waals surface area contributed by atoms with E-state index in [0.29, 0.717) is 6.04 Å². The van der Waals surface area contributed by atoms with Gasteiger partial charge in [0.15, 0.2) is 11.5 Å². The van der Waals surface area contributed by atoms with Crippen LogP contribution in [0.5, 0.6) is 11.5 Å². The minimum absolute atomic E-state index is 0.00285. The first-order valence-corrected chi connectivity index (χ1v) is 13.2. The largest absolute Gasteiger partial charge is 0.504 e. The van der Waals surface area contributed by atoms with Crippen LogP contribution in [0.4, 0.5) is 0 Å². The number of fused-ring (bicyclic) bond motifs is 2. The van der Waals surface area contributed by atoms with Crippen molar-refractivity contribution in [1.82, 2.24) is 20.4 Å². The van der Waals surface area contributed by atoms with Gasteiger partial charge in [0.25, 0.3) is 5.56 Å². The van der Waals surface area contributed by atoms with E-state index in [2.05, 4.69) is 33.4 Å². The van der Waals surface area contributed by atoms with Crippen molar-refractivity contribution in [3.8, 4) is 11.5 Å². The zero-order valence-corrected chi connectivity index (χ0v) is 20.9. The number of hydrogen-bond donors (Lipinski definition) is 5. The van der Waals surface area contributed by atoms with Crippen LogP contribution in [-0.2, 0) is 19.3 Å². The summed E-state index contributed by atoms with van der Waals surface area (Å²) in [6, 6.07) is 10.1. The molecule has 0 aliphatic heterocycles. The molecule has 0 bridgehead atoms. The first-order chi connectivity index (χ1) is 17.1. The van der Waals surface area contributed by atoms with Gasteiger partial charge in [0, 0.05) is 11.6 Å². The lowest BCUT2D eigenvalue weighted by Gasteiger charge is -2.35. The van der Waals surface area contributed by atoms with E-state index < -0.39 is 0 Å². The molecular formula is C28H40N4O3. The molecule has 0 radical (unpaired) electrons. The van der Waals surface area contributed by atoms with Gasteiger partial charge < -0.3 is 20.4 Å². The second-order valence-corrected chi connectivity index (χ2v) is 9.88. The third kappa shape index (κ3) is 6.47. The molecule has 1 aliphatic carbocycles. The summed E-state index contributed by atoms with van der Waals surface area (Å²) in [6.07, 6.45) is 9.79. The quantitative estimate of drug-likeness (QED) is 0.186. The molecule has 7 nitrogen and oxygen atoms in total. The number of aromatic amines is 2. The molecule has 1 atom stereocenters. The molecule has 5 N–H and O–H groups in total. The average molecular weight is 481 g/mol. The average Bonchev–Trinajstić information content (AvgIpc) is 3.24. The number of phenols is 2. The van der Waals surface area contributed by atoms with Crippen molar-refractivity contribution in [2.24, 2.45) is 0 Å². The molecule has 3 aromatic rings. The van der Waals surface area contributed by atoms with Gasteiger partial charge >= 0.3 is 0 Å². The van der Waals surface area contributed by atoms with E-state index in [1.165, 1.54) is 36.8 Å². The molecule has 0 spiro atoms. The summed E-state index contributed by atoms with van der Waals surface area (Å²) in [4.78, 5) is 14.4. The summed E-state index contributed by atoms with van der Waals surface area (Å²) in [6.45, 7) is 6.45. The predicted octanol–water partition coefficient (Wildman–Crippen LogP) is 4.23. The van der Waals surface area contributed by atoms with E-state index in [9.17, 15) is 15.0 Å². The van der Waals surface area contributed by atoms with Gasteiger partial charge in [0.2, 0.25) is 0 Å². The van der Waals surface area contributed by atoms with Gasteiger partial charge in [-0.2, -0.15) is 0 Å². The van der Waals surface area contributed by atoms with Gasteiger partial charge in [-0.1, -0.05) is 31.9 Å². The van der Waals surface area contributed by atoms with Crippen molar-refractivity contribution >= 4 is 10.9 Å². The van der Waals surface area contributed by atoms with Gasteiger partial charge in [-0.15, -0.1) is 0 Å². The number of rotatable bonds is 13. The molecule has 0 fully saturated rings. The second-order valence-electron chi connectivity index (χ2n) is 9.88. The van der Waals surface area contributed by atoms with Crippen LogP contribution in [0.2, 0.25) is 0 Å². The lowest BCUT2D eigenvalue weighted by atomic mass is 9.86. The fourth-order valence-electron chi connectivity index (χ4n) is 5.39. The highest BCUT2D eigenvalue weighted by Gasteiger charge is 2.26. The first kappa shape index (κ1) is 25.3. The highest BCUT2D eigenvalue weighted by atomic mass is 16.3. The molecule has 0 saturated carbocycles. The third-order valence-corrected chi connectivity index (χ3v) is 7.35. The summed E-state index contributed by atoms with van der Waals surface area (Å²) < 4.78 is 0. The van der Waals surface area contributed by atoms with Crippen LogP contribution in [0, 0.1) is 0 Å². The first-order valence-electron chi connectivity index (χ1n) is 13.2. The number of aromatic hydroxyl groups is 2. The van der Waals surface area contributed by atoms with Crippen molar-refractivity contribution in [3.05, 3.63) is 57.4 Å². The molecule has 1 aliphatic rings. The number of hydrogen-bond acceptors (Lipinski definition) is 5. The normalized spacial score (nSPS) is 15.7. The molecule has 1 aromatic heterocycles. The van der Waals surface area contributed by atoms with Crippen molar-refractivity contribution < 1.29 is 10.2 Å². The van der Waals surface area contributed by atoms with Crippen LogP contribution >= 0.6 is 0 Å². The summed E-state index contributed by atoms with van der Waals surface area (Å²) in [5.74, 6) is 0.0745. The molecule has 2 aromatic carbocycles. The molecule has 7 heteroatoms. The fourth-order valence-corrected chi connectivity index (χ4v) is 5.39. The Kier molecular flexibility index (Phi) is 8.88. The zero-order valence-electron chi connectivity index (χ0n) is 20.9. The van der Waals surface area contributed by atoms with E-state index in [0.717, 1.165) is 74.7 Å². The topological polar surface area (TPSA) is 104 Å². The molecule has 1 unspecified atom stereocenters. The van der Waals surface area contributed by atoms with E-state index in [-0.39, 0.29) is 17.1 Å². The Morgan fingerprint density at radius 2 is 1.89 bits per heavy atom. The molecule has 0 amide bonds. The number of nitrogens with zero attached hydrogens (tertiary/aromatic N) is 1. The maximum atomic E-state index is 11.8. The van der Waals surface area contributed by atoms with Crippen molar-refractivity contribution in [3.63, 3.8) is 0 Å². The lowest BCUT2D eigenvalue weighted by Crippen LogP contribution is -2.40. The van der Waals surface area contributed by atoms with Crippen molar-refractivity contribution in [2.75, 3.05) is 26.2 Å². The van der Waals surface area contributed by atoms with Crippen molar-refractivity contribution in [1.29, 1.82) is 0 Å². The Hall–Kier alpha value is -2.77. The van der Waals surface area contributed by atoms with E-state index in [1.54, 1.807) is 6.07 Å². The van der Waals surface area contributed by atoms with E-state index in [4.69, 9.17) is 0 Å². The Labute approximate surface area is 207 Å². The maximum absolute atomic E-state index is 11.8. The molecule has 35 heavy (non-hydrogen) atoms. The summed E-state index contributed by atoms with van der Waals surface area (Å²) in [5.41, 5.74) is 4.10. The number of H-pyrrole nitrogens is 2. The Balaban J connectivity index is 1.11. The fraction of sp³-hybridized carbons (Fsp3) is 0.536. The number of aromatic nitrogens is 2. The predicted molar refractivity (Wildman–Crippen MR) is 141 cm³/mol. The standard InChI is InChI=1S/C28H40N4O3/c1-2-16-32(22-9-10-23-21(19-22)8-12-26(33)27(23)34)17-6-4-3-5-14-29-15-13-20-7-11-25-24(18-20)28(35)31-30-25/h7-8,11-12,18,22,29,33-34H,2-6,9-10,13-17,19H2,1H3,(H2,30,31,35). The summed E-state index contributed by atoms with van der Waals surface area (Å²) >= 11 is 0. The zero-order chi connectivity index (χ0) is 24.6. The van der Waals surface area contributed by atoms with Gasteiger partial charge in [-0.05, 0) is 100 Å². The smallest absolute Gasteiger partial charge is 0.271 e. The maximum Gasteiger partial charge on any atom is 0.271 e. The molecular weight excluding hydrogens is 440 g/mol. The third-order valence-electron chi connectivity index (χ3n) is 7.35. The van der Waals surface area contributed by atoms with Crippen LogP contribution in [-0.4, -0.2) is 57.5 Å². The molecule has 1 heterocycles. The minimum atomic E-state index is -0.0554. The van der Waals surface area contributed by atoms with Gasteiger partial charge in [-0.3, -0.25) is 15.0 Å². The highest BCUT2D eigenvalue weighted by molar-refractivity contribution is 5.78. The van der Waals surface area contributed by atoms with Crippen LogP contribution in [0.3, 0.4) is 0 Å². The molecule has 4 rings (SSSR count). The van der Waals surface area contributed by atoms with Crippen LogP contribution < -0.4 is 10.9 Å². The Morgan fingerprint density at radius 3 is 2.74 bits per heavy atom. The van der Waals surface area contributed by atoms with Gasteiger partial charge in [0.05, 0.1) is 10.9 Å². The second kappa shape index (κ2) is 12.3. The van der Waals surface area contributed by atoms with Crippen LogP contribution in [0.25, 0.3) is 10.9 Å². The van der Waals surface area contributed by atoms with Crippen LogP contribution in [0.15, 0.2) is 35.1 Å². The number of phenolic OH excluding ortho intramolecular Hbond substituents is 2. The molecule has 0 saturated heterocycles. The lowest BCUT2D eigenvalue weighted by molar-refractivity contribution is 0.175. The number of nitrogens with one attached hydrogen (secondary N) is 3. The Bertz CT molecular complexity index is 1150. The molecule has 190 valence electrons. The number of benzene rings is 2. The monoisotopic (exact) mass is 480 g/mol. The summed E-state index contributed by atoms with van der Waals surface area (Å²) in [5, 5.41) is 29.7. The van der Waals surface area contributed by atoms with E-state index >= 15 is 0 Å². The SMILES string of the molecule is CCCN(CCCCCCNCCc1ccc2[nH][nH]c(=O)c2c1)C1CCc2c(ccc(O)c2O)C1. The van der Waals surface area contributed by atoms with E-state index in [1.807, 2.05) is 18.2 Å². The van der Waals surface area contributed by atoms with Crippen molar-refractivity contribution in [2.45, 2.75) is 70.8 Å². The summed E-state index contributed by atoms with van der Waals surface area (Å²) in [7, 11) is 0. The minimum Gasteiger partial charge on any atom is -0.504 e. The van der Waals surface area contributed by atoms with Crippen LogP contribution in [0.1, 0.15) is 62.1 Å². The Morgan fingerprint density at radius 1 is 1.03 bits per heavy atom. The number of unbranched alkanes of at least 4 members (excludes halogenated alkanes) is 3. The highest BCUT2D eigenvalue weighted by Crippen LogP contribution is 2.36. The van der Waals surface area contributed by atoms with Gasteiger partial charge in [-0.25, -0.2) is 0 Å². The van der Waals surface area contributed by atoms with Gasteiger partial charge in [0.1, 0.15) is 0 Å².